The summed E-state index contributed by atoms with van der Waals surface area (Å²) in [4.78, 5) is 39.0. The van der Waals surface area contributed by atoms with Gasteiger partial charge in [-0.25, -0.2) is 4.79 Å². The topological polar surface area (TPSA) is 117 Å². The standard InChI is InChI=1S/C27H29N5O4/c1-19-12-13-23(24(18-19)32(35)36)30-26(33)25(20-8-4-2-5-9-20)31-16-14-22(15-17-31)29-27(34)28-21-10-6-3-7-11-21/h2-13,18,22,25H,14-17H2,1H3,(H,30,33)(H2,28,29,34). The Labute approximate surface area is 209 Å². The summed E-state index contributed by atoms with van der Waals surface area (Å²) in [5.41, 5.74) is 2.30. The summed E-state index contributed by atoms with van der Waals surface area (Å²) >= 11 is 0. The first-order chi connectivity index (χ1) is 17.4. The molecular weight excluding hydrogens is 458 g/mol. The molecule has 9 heteroatoms. The number of nitrogens with one attached hydrogen (secondary N) is 3. The van der Waals surface area contributed by atoms with Crippen LogP contribution in [0.15, 0.2) is 78.9 Å². The first-order valence-corrected chi connectivity index (χ1v) is 11.9. The van der Waals surface area contributed by atoms with Crippen LogP contribution in [0.25, 0.3) is 0 Å². The molecule has 0 aliphatic carbocycles. The predicted molar refractivity (Wildman–Crippen MR) is 139 cm³/mol. The van der Waals surface area contributed by atoms with Gasteiger partial charge in [-0.05, 0) is 49.1 Å². The van der Waals surface area contributed by atoms with Crippen molar-refractivity contribution in [3.8, 4) is 0 Å². The minimum absolute atomic E-state index is 0.0253. The molecule has 0 spiro atoms. The molecule has 1 fully saturated rings. The number of para-hydroxylation sites is 1. The van der Waals surface area contributed by atoms with Crippen LogP contribution in [0, 0.1) is 17.0 Å². The molecule has 3 amide bonds. The molecule has 1 heterocycles. The van der Waals surface area contributed by atoms with E-state index in [-0.39, 0.29) is 29.4 Å². The number of nitrogens with zero attached hydrogens (tertiary/aromatic N) is 2. The SMILES string of the molecule is Cc1ccc(NC(=O)C(c2ccccc2)N2CCC(NC(=O)Nc3ccccc3)CC2)c([N+](=O)[O-])c1. The number of carbonyl (C=O) groups is 2. The molecule has 0 bridgehead atoms. The van der Waals surface area contributed by atoms with Crippen LogP contribution in [0.4, 0.5) is 21.9 Å². The fourth-order valence-electron chi connectivity index (χ4n) is 4.44. The van der Waals surface area contributed by atoms with Gasteiger partial charge in [-0.1, -0.05) is 54.6 Å². The van der Waals surface area contributed by atoms with E-state index in [1.54, 1.807) is 19.1 Å². The molecule has 1 aliphatic heterocycles. The molecule has 1 aliphatic rings. The second kappa shape index (κ2) is 11.5. The Balaban J connectivity index is 1.44. The zero-order chi connectivity index (χ0) is 25.5. The number of hydrogen-bond donors (Lipinski definition) is 3. The summed E-state index contributed by atoms with van der Waals surface area (Å²) < 4.78 is 0. The highest BCUT2D eigenvalue weighted by Gasteiger charge is 2.32. The molecule has 3 aromatic carbocycles. The highest BCUT2D eigenvalue weighted by Crippen LogP contribution is 2.30. The molecule has 36 heavy (non-hydrogen) atoms. The van der Waals surface area contributed by atoms with Crippen LogP contribution >= 0.6 is 0 Å². The number of urea groups is 1. The number of aryl methyl sites for hydroxylation is 1. The molecule has 4 rings (SSSR count). The summed E-state index contributed by atoms with van der Waals surface area (Å²) in [5.74, 6) is -0.332. The lowest BCUT2D eigenvalue weighted by Crippen LogP contribution is -2.48. The largest absolute Gasteiger partial charge is 0.335 e. The number of likely N-dealkylation sites (tertiary alicyclic amines) is 1. The van der Waals surface area contributed by atoms with Crippen molar-refractivity contribution in [3.63, 3.8) is 0 Å². The second-order valence-electron chi connectivity index (χ2n) is 8.85. The second-order valence-corrected chi connectivity index (χ2v) is 8.85. The Morgan fingerprint density at radius 1 is 0.944 bits per heavy atom. The fraction of sp³-hybridized carbons (Fsp3) is 0.259. The van der Waals surface area contributed by atoms with Gasteiger partial charge < -0.3 is 16.0 Å². The van der Waals surface area contributed by atoms with Gasteiger partial charge in [-0.15, -0.1) is 0 Å². The minimum Gasteiger partial charge on any atom is -0.335 e. The zero-order valence-electron chi connectivity index (χ0n) is 20.0. The van der Waals surface area contributed by atoms with Gasteiger partial charge >= 0.3 is 6.03 Å². The number of hydrogen-bond acceptors (Lipinski definition) is 5. The van der Waals surface area contributed by atoms with E-state index in [2.05, 4.69) is 20.9 Å². The smallest absolute Gasteiger partial charge is 0.319 e. The Hall–Kier alpha value is -4.24. The summed E-state index contributed by atoms with van der Waals surface area (Å²) in [6.45, 7) is 2.93. The maximum Gasteiger partial charge on any atom is 0.319 e. The third kappa shape index (κ3) is 6.25. The molecular formula is C27H29N5O4. The molecule has 0 aromatic heterocycles. The van der Waals surface area contributed by atoms with Crippen LogP contribution in [-0.4, -0.2) is 40.9 Å². The average molecular weight is 488 g/mol. The highest BCUT2D eigenvalue weighted by molar-refractivity contribution is 5.97. The average Bonchev–Trinajstić information content (AvgIpc) is 2.87. The molecule has 1 saturated heterocycles. The van der Waals surface area contributed by atoms with E-state index in [0.29, 0.717) is 25.9 Å². The van der Waals surface area contributed by atoms with Gasteiger partial charge in [0.2, 0.25) is 5.91 Å². The summed E-state index contributed by atoms with van der Waals surface area (Å²) in [6.07, 6.45) is 1.34. The van der Waals surface area contributed by atoms with Crippen LogP contribution in [0.1, 0.15) is 30.0 Å². The number of benzene rings is 3. The molecule has 3 aromatic rings. The lowest BCUT2D eigenvalue weighted by atomic mass is 9.98. The van der Waals surface area contributed by atoms with Crippen LogP contribution in [0.3, 0.4) is 0 Å². The Morgan fingerprint density at radius 3 is 2.22 bits per heavy atom. The van der Waals surface area contributed by atoms with Gasteiger partial charge in [0.1, 0.15) is 11.7 Å². The predicted octanol–water partition coefficient (Wildman–Crippen LogP) is 4.87. The number of amides is 3. The lowest BCUT2D eigenvalue weighted by molar-refractivity contribution is -0.384. The maximum absolute atomic E-state index is 13.5. The van der Waals surface area contributed by atoms with Gasteiger partial charge in [0.25, 0.3) is 5.69 Å². The van der Waals surface area contributed by atoms with Crippen molar-refractivity contribution in [1.82, 2.24) is 10.2 Å². The molecule has 0 saturated carbocycles. The van der Waals surface area contributed by atoms with E-state index in [1.807, 2.05) is 60.7 Å². The Kier molecular flexibility index (Phi) is 7.92. The number of piperidine rings is 1. The molecule has 1 unspecified atom stereocenters. The van der Waals surface area contributed by atoms with E-state index < -0.39 is 11.0 Å². The first-order valence-electron chi connectivity index (χ1n) is 11.9. The first kappa shape index (κ1) is 24.9. The van der Waals surface area contributed by atoms with Crippen molar-refractivity contribution in [2.75, 3.05) is 23.7 Å². The molecule has 186 valence electrons. The molecule has 1 atom stereocenters. The van der Waals surface area contributed by atoms with Gasteiger partial charge in [-0.3, -0.25) is 19.8 Å². The van der Waals surface area contributed by atoms with Crippen molar-refractivity contribution < 1.29 is 14.5 Å². The van der Waals surface area contributed by atoms with E-state index >= 15 is 0 Å². The Morgan fingerprint density at radius 2 is 1.58 bits per heavy atom. The molecule has 3 N–H and O–H groups in total. The van der Waals surface area contributed by atoms with E-state index in [0.717, 1.165) is 16.8 Å². The van der Waals surface area contributed by atoms with Crippen LogP contribution in [-0.2, 0) is 4.79 Å². The summed E-state index contributed by atoms with van der Waals surface area (Å²) in [7, 11) is 0. The van der Waals surface area contributed by atoms with Crippen LogP contribution in [0.2, 0.25) is 0 Å². The van der Waals surface area contributed by atoms with E-state index in [9.17, 15) is 19.7 Å². The molecule has 9 nitrogen and oxygen atoms in total. The lowest BCUT2D eigenvalue weighted by Gasteiger charge is -2.37. The normalized spacial score (nSPS) is 15.0. The third-order valence-electron chi connectivity index (χ3n) is 6.23. The zero-order valence-corrected chi connectivity index (χ0v) is 20.0. The van der Waals surface area contributed by atoms with E-state index in [1.165, 1.54) is 6.07 Å². The number of carbonyl (C=O) groups excluding carboxylic acids is 2. The molecule has 0 radical (unpaired) electrons. The third-order valence-corrected chi connectivity index (χ3v) is 6.23. The highest BCUT2D eigenvalue weighted by atomic mass is 16.6. The summed E-state index contributed by atoms with van der Waals surface area (Å²) in [6, 6.07) is 22.5. The summed E-state index contributed by atoms with van der Waals surface area (Å²) in [5, 5.41) is 20.2. The van der Waals surface area contributed by atoms with Crippen molar-refractivity contribution in [2.45, 2.75) is 31.8 Å². The van der Waals surface area contributed by atoms with E-state index in [4.69, 9.17) is 0 Å². The van der Waals surface area contributed by atoms with Crippen LogP contribution in [0.5, 0.6) is 0 Å². The maximum atomic E-state index is 13.5. The number of nitro benzene ring substituents is 1. The van der Waals surface area contributed by atoms with Crippen LogP contribution < -0.4 is 16.0 Å². The van der Waals surface area contributed by atoms with Crippen molar-refractivity contribution in [1.29, 1.82) is 0 Å². The minimum atomic E-state index is -0.619. The van der Waals surface area contributed by atoms with Gasteiger partial charge in [0.15, 0.2) is 0 Å². The fourth-order valence-corrected chi connectivity index (χ4v) is 4.44. The Bertz CT molecular complexity index is 1210. The van der Waals surface area contributed by atoms with Gasteiger partial charge in [0, 0.05) is 30.9 Å². The monoisotopic (exact) mass is 487 g/mol. The number of rotatable bonds is 7. The number of anilines is 2. The quantitative estimate of drug-likeness (QED) is 0.325. The van der Waals surface area contributed by atoms with Crippen molar-refractivity contribution in [2.24, 2.45) is 0 Å². The van der Waals surface area contributed by atoms with Gasteiger partial charge in [-0.2, -0.15) is 0 Å². The van der Waals surface area contributed by atoms with Crippen molar-refractivity contribution >= 4 is 29.0 Å². The van der Waals surface area contributed by atoms with Crippen molar-refractivity contribution in [3.05, 3.63) is 100 Å². The van der Waals surface area contributed by atoms with Gasteiger partial charge in [0.05, 0.1) is 4.92 Å². The number of nitro groups is 1.